The average molecular weight is 679 g/mol. The number of pyridine rings is 1. The standard InChI is InChI=1S/C17H32O2.C16H12N.Ir/c1-5-16(6-2)10-9-12-11-17(7-3,8-4)15(19)13(12)14(16)18;1-12-6-5-9-16-14(12)10-11-15(17-16)13-7-3-2-4-8-13;/h12-15,18-19H,5-11H2,1-4H3;2-7,9-11H,1H3;/q;-1;. The third-order valence-corrected chi connectivity index (χ3v) is 9.96. The first-order valence-corrected chi connectivity index (χ1v) is 14.0. The number of nitrogens with zero attached hydrogens (tertiary/aromatic N) is 1. The number of aliphatic hydroxyl groups is 2. The number of aryl methyl sites for hydroxylation is 1. The van der Waals surface area contributed by atoms with Crippen LogP contribution in [0.3, 0.4) is 0 Å². The first kappa shape index (κ1) is 30.0. The molecule has 3 nitrogen and oxygen atoms in total. The second-order valence-electron chi connectivity index (χ2n) is 11.2. The van der Waals surface area contributed by atoms with Gasteiger partial charge in [0.05, 0.1) is 17.7 Å². The van der Waals surface area contributed by atoms with Crippen LogP contribution in [-0.2, 0) is 20.1 Å². The van der Waals surface area contributed by atoms with E-state index in [1.54, 1.807) is 0 Å². The van der Waals surface area contributed by atoms with E-state index in [1.807, 2.05) is 30.3 Å². The van der Waals surface area contributed by atoms with Gasteiger partial charge in [0.15, 0.2) is 0 Å². The van der Waals surface area contributed by atoms with Gasteiger partial charge >= 0.3 is 0 Å². The van der Waals surface area contributed by atoms with Crippen molar-refractivity contribution < 1.29 is 30.3 Å². The Morgan fingerprint density at radius 2 is 1.54 bits per heavy atom. The number of rotatable bonds is 5. The molecule has 4 unspecified atom stereocenters. The Kier molecular flexibility index (Phi) is 10.1. The van der Waals surface area contributed by atoms with E-state index in [0.717, 1.165) is 55.3 Å². The second kappa shape index (κ2) is 12.5. The minimum Gasteiger partial charge on any atom is -0.392 e. The largest absolute Gasteiger partial charge is 0.392 e. The van der Waals surface area contributed by atoms with E-state index in [2.05, 4.69) is 69.9 Å². The molecule has 2 fully saturated rings. The van der Waals surface area contributed by atoms with Crippen molar-refractivity contribution in [3.8, 4) is 11.3 Å². The van der Waals surface area contributed by atoms with Crippen molar-refractivity contribution >= 4 is 10.9 Å². The summed E-state index contributed by atoms with van der Waals surface area (Å²) >= 11 is 0. The molecule has 1 aromatic heterocycles. The summed E-state index contributed by atoms with van der Waals surface area (Å²) < 4.78 is 0. The summed E-state index contributed by atoms with van der Waals surface area (Å²) in [6, 6.07) is 21.5. The van der Waals surface area contributed by atoms with E-state index >= 15 is 0 Å². The molecule has 0 saturated heterocycles. The fraction of sp³-hybridized carbons (Fsp3) is 0.545. The number of aliphatic hydroxyl groups excluding tert-OH is 2. The number of benzene rings is 2. The van der Waals surface area contributed by atoms with Crippen LogP contribution in [0.4, 0.5) is 0 Å². The molecular formula is C33H44IrNO2-. The molecule has 4 heteroatoms. The van der Waals surface area contributed by atoms with Crippen molar-refractivity contribution in [1.82, 2.24) is 4.98 Å². The predicted molar refractivity (Wildman–Crippen MR) is 150 cm³/mol. The van der Waals surface area contributed by atoms with Crippen LogP contribution in [0, 0.1) is 35.7 Å². The molecule has 3 aromatic rings. The van der Waals surface area contributed by atoms with Gasteiger partial charge in [-0.05, 0) is 85.9 Å². The summed E-state index contributed by atoms with van der Waals surface area (Å²) in [5, 5.41) is 23.0. The zero-order valence-corrected chi connectivity index (χ0v) is 25.5. The third-order valence-electron chi connectivity index (χ3n) is 9.96. The van der Waals surface area contributed by atoms with E-state index in [0.29, 0.717) is 5.92 Å². The van der Waals surface area contributed by atoms with Crippen molar-refractivity contribution in [2.75, 3.05) is 0 Å². The van der Waals surface area contributed by atoms with Gasteiger partial charge in [-0.1, -0.05) is 52.0 Å². The molecule has 203 valence electrons. The van der Waals surface area contributed by atoms with Crippen molar-refractivity contribution in [2.45, 2.75) is 91.8 Å². The molecule has 0 aliphatic heterocycles. The normalized spacial score (nSPS) is 25.5. The fourth-order valence-electron chi connectivity index (χ4n) is 7.19. The van der Waals surface area contributed by atoms with Crippen molar-refractivity contribution in [1.29, 1.82) is 0 Å². The molecule has 2 aliphatic carbocycles. The van der Waals surface area contributed by atoms with Crippen LogP contribution in [0.5, 0.6) is 0 Å². The van der Waals surface area contributed by atoms with Gasteiger partial charge in [-0.3, -0.25) is 4.98 Å². The maximum absolute atomic E-state index is 10.9. The summed E-state index contributed by atoms with van der Waals surface area (Å²) in [6.07, 6.45) is 6.98. The smallest absolute Gasteiger partial charge is 0.0651 e. The Hall–Kier alpha value is -1.58. The second-order valence-corrected chi connectivity index (χ2v) is 11.2. The maximum Gasteiger partial charge on any atom is 0.0651 e. The molecular weight excluding hydrogens is 635 g/mol. The number of hydrogen-bond acceptors (Lipinski definition) is 3. The van der Waals surface area contributed by atoms with Gasteiger partial charge in [0.1, 0.15) is 0 Å². The quantitative estimate of drug-likeness (QED) is 0.272. The molecule has 2 aromatic carbocycles. The van der Waals surface area contributed by atoms with Crippen LogP contribution < -0.4 is 0 Å². The topological polar surface area (TPSA) is 53.4 Å². The third kappa shape index (κ3) is 5.59. The van der Waals surface area contributed by atoms with Crippen LogP contribution in [0.1, 0.15) is 78.2 Å². The molecule has 5 rings (SSSR count). The van der Waals surface area contributed by atoms with E-state index in [-0.39, 0.29) is 49.1 Å². The molecule has 0 bridgehead atoms. The van der Waals surface area contributed by atoms with Crippen LogP contribution in [0.15, 0.2) is 54.6 Å². The number of fused-ring (bicyclic) bond motifs is 2. The molecule has 37 heavy (non-hydrogen) atoms. The minimum atomic E-state index is -0.309. The van der Waals surface area contributed by atoms with E-state index < -0.39 is 0 Å². The molecule has 0 amide bonds. The van der Waals surface area contributed by atoms with Gasteiger partial charge in [-0.25, -0.2) is 0 Å². The number of aromatic nitrogens is 1. The van der Waals surface area contributed by atoms with Gasteiger partial charge in [0.25, 0.3) is 0 Å². The van der Waals surface area contributed by atoms with E-state index in [1.165, 1.54) is 17.4 Å². The molecule has 4 atom stereocenters. The predicted octanol–water partition coefficient (Wildman–Crippen LogP) is 7.76. The summed E-state index contributed by atoms with van der Waals surface area (Å²) in [5.41, 5.74) is 4.44. The summed E-state index contributed by atoms with van der Waals surface area (Å²) in [5.74, 6) is 0.657. The van der Waals surface area contributed by atoms with Crippen molar-refractivity contribution in [2.24, 2.45) is 22.7 Å². The monoisotopic (exact) mass is 679 g/mol. The Morgan fingerprint density at radius 1 is 0.865 bits per heavy atom. The molecule has 0 spiro atoms. The van der Waals surface area contributed by atoms with E-state index in [9.17, 15) is 10.2 Å². The van der Waals surface area contributed by atoms with Gasteiger partial charge in [-0.2, -0.15) is 0 Å². The first-order valence-electron chi connectivity index (χ1n) is 14.0. The Bertz CT molecular complexity index is 1130. The maximum atomic E-state index is 10.9. The summed E-state index contributed by atoms with van der Waals surface area (Å²) in [4.78, 5) is 4.68. The first-order chi connectivity index (χ1) is 17.3. The molecule has 2 aliphatic rings. The van der Waals surface area contributed by atoms with E-state index in [4.69, 9.17) is 0 Å². The van der Waals surface area contributed by atoms with Gasteiger partial charge in [0, 0.05) is 31.4 Å². The summed E-state index contributed by atoms with van der Waals surface area (Å²) in [7, 11) is 0. The fourth-order valence-corrected chi connectivity index (χ4v) is 7.19. The number of hydrogen-bond donors (Lipinski definition) is 2. The average Bonchev–Trinajstić information content (AvgIpc) is 3.22. The summed E-state index contributed by atoms with van der Waals surface area (Å²) in [6.45, 7) is 10.9. The molecule has 1 radical (unpaired) electrons. The molecule has 2 saturated carbocycles. The zero-order chi connectivity index (χ0) is 25.9. The van der Waals surface area contributed by atoms with Gasteiger partial charge in [0.2, 0.25) is 0 Å². The van der Waals surface area contributed by atoms with Gasteiger partial charge in [-0.15, -0.1) is 35.9 Å². The van der Waals surface area contributed by atoms with Crippen LogP contribution >= 0.6 is 0 Å². The molecule has 2 N–H and O–H groups in total. The zero-order valence-electron chi connectivity index (χ0n) is 23.1. The van der Waals surface area contributed by atoms with Crippen LogP contribution in [-0.4, -0.2) is 27.4 Å². The van der Waals surface area contributed by atoms with Gasteiger partial charge < -0.3 is 10.2 Å². The minimum absolute atomic E-state index is 0. The Morgan fingerprint density at radius 3 is 2.16 bits per heavy atom. The van der Waals surface area contributed by atoms with Crippen molar-refractivity contribution in [3.63, 3.8) is 0 Å². The van der Waals surface area contributed by atoms with Crippen LogP contribution in [0.25, 0.3) is 22.2 Å². The van der Waals surface area contributed by atoms with Crippen molar-refractivity contribution in [3.05, 3.63) is 66.2 Å². The Balaban J connectivity index is 0.000000201. The molecule has 1 heterocycles. The van der Waals surface area contributed by atoms with Crippen LogP contribution in [0.2, 0.25) is 0 Å². The SMILES string of the molecule is CCC1(CC)CCC2CC(CC)(CC)C(O)C2C1O.Cc1cccc2nc(-c3[c-]cccc3)ccc12.[Ir]. The Labute approximate surface area is 237 Å².